The zero-order valence-electron chi connectivity index (χ0n) is 12.1. The van der Waals surface area contributed by atoms with Gasteiger partial charge in [0.15, 0.2) is 5.82 Å². The summed E-state index contributed by atoms with van der Waals surface area (Å²) in [6, 6.07) is 7.74. The Morgan fingerprint density at radius 2 is 1.95 bits per heavy atom. The second-order valence-electron chi connectivity index (χ2n) is 4.74. The molecule has 0 saturated heterocycles. The van der Waals surface area contributed by atoms with Gasteiger partial charge in [0.2, 0.25) is 5.95 Å². The summed E-state index contributed by atoms with van der Waals surface area (Å²) >= 11 is 12.4. The Morgan fingerprint density at radius 3 is 2.67 bits per heavy atom. The molecule has 0 amide bonds. The van der Waals surface area contributed by atoms with E-state index >= 15 is 0 Å². The van der Waals surface area contributed by atoms with E-state index in [9.17, 15) is 0 Å². The van der Waals surface area contributed by atoms with Gasteiger partial charge in [-0.15, -0.1) is 0 Å². The van der Waals surface area contributed by atoms with Crippen LogP contribution in [0.3, 0.4) is 0 Å². The summed E-state index contributed by atoms with van der Waals surface area (Å²) in [5, 5.41) is 4.41. The molecular formula is C15H18Cl2N4. The molecule has 1 aromatic heterocycles. The van der Waals surface area contributed by atoms with Gasteiger partial charge in [-0.1, -0.05) is 48.3 Å². The Bertz CT molecular complexity index is 604. The topological polar surface area (TPSA) is 41.1 Å². The molecule has 1 N–H and O–H groups in total. The van der Waals surface area contributed by atoms with Gasteiger partial charge in [-0.05, 0) is 18.1 Å². The van der Waals surface area contributed by atoms with E-state index in [0.717, 1.165) is 23.6 Å². The molecule has 0 spiro atoms. The first-order chi connectivity index (χ1) is 10.1. The number of aromatic nitrogens is 2. The van der Waals surface area contributed by atoms with Gasteiger partial charge >= 0.3 is 0 Å². The zero-order valence-corrected chi connectivity index (χ0v) is 13.6. The number of anilines is 2. The molecule has 0 aliphatic heterocycles. The van der Waals surface area contributed by atoms with E-state index in [1.165, 1.54) is 0 Å². The van der Waals surface area contributed by atoms with Crippen LogP contribution in [0.15, 0.2) is 30.5 Å². The molecule has 2 aromatic rings. The molecule has 4 nitrogen and oxygen atoms in total. The molecule has 112 valence electrons. The molecule has 0 unspecified atom stereocenters. The molecule has 0 bridgehead atoms. The Kier molecular flexibility index (Phi) is 5.65. The van der Waals surface area contributed by atoms with Crippen LogP contribution in [0, 0.1) is 0 Å². The second kappa shape index (κ2) is 7.48. The fourth-order valence-electron chi connectivity index (χ4n) is 1.90. The van der Waals surface area contributed by atoms with E-state index in [1.54, 1.807) is 6.20 Å². The first-order valence-corrected chi connectivity index (χ1v) is 7.58. The van der Waals surface area contributed by atoms with E-state index in [0.29, 0.717) is 23.3 Å². The van der Waals surface area contributed by atoms with Crippen LogP contribution >= 0.6 is 23.2 Å². The van der Waals surface area contributed by atoms with Crippen molar-refractivity contribution in [3.8, 4) is 0 Å². The summed E-state index contributed by atoms with van der Waals surface area (Å²) in [5.74, 6) is 1.27. The second-order valence-corrected chi connectivity index (χ2v) is 5.55. The molecule has 0 aliphatic rings. The van der Waals surface area contributed by atoms with Gasteiger partial charge < -0.3 is 10.2 Å². The van der Waals surface area contributed by atoms with Crippen molar-refractivity contribution < 1.29 is 0 Å². The minimum Gasteiger partial charge on any atom is -0.354 e. The van der Waals surface area contributed by atoms with Gasteiger partial charge in [0, 0.05) is 25.2 Å². The molecule has 0 fully saturated rings. The number of benzene rings is 1. The Morgan fingerprint density at radius 1 is 1.19 bits per heavy atom. The number of halogens is 2. The van der Waals surface area contributed by atoms with Crippen LogP contribution in [0.1, 0.15) is 18.9 Å². The summed E-state index contributed by atoms with van der Waals surface area (Å²) in [5.41, 5.74) is 1.03. The fraction of sp³-hybridized carbons (Fsp3) is 0.333. The van der Waals surface area contributed by atoms with Gasteiger partial charge in [0.1, 0.15) is 5.02 Å². The predicted octanol–water partition coefficient (Wildman–Crippen LogP) is 4.24. The molecule has 0 aliphatic carbocycles. The number of nitrogens with one attached hydrogen (secondary N) is 1. The van der Waals surface area contributed by atoms with E-state index in [1.807, 2.05) is 36.2 Å². The van der Waals surface area contributed by atoms with Crippen molar-refractivity contribution >= 4 is 35.0 Å². The van der Waals surface area contributed by atoms with E-state index in [4.69, 9.17) is 23.2 Å². The van der Waals surface area contributed by atoms with Crippen molar-refractivity contribution in [2.75, 3.05) is 23.8 Å². The largest absolute Gasteiger partial charge is 0.354 e. The van der Waals surface area contributed by atoms with Gasteiger partial charge in [-0.25, -0.2) is 4.98 Å². The first kappa shape index (κ1) is 15.9. The van der Waals surface area contributed by atoms with Crippen molar-refractivity contribution in [1.82, 2.24) is 9.97 Å². The Balaban J connectivity index is 2.18. The highest BCUT2D eigenvalue weighted by Gasteiger charge is 2.12. The van der Waals surface area contributed by atoms with Crippen molar-refractivity contribution in [2.24, 2.45) is 0 Å². The Labute approximate surface area is 135 Å². The lowest BCUT2D eigenvalue weighted by atomic mass is 10.2. The maximum atomic E-state index is 6.20. The van der Waals surface area contributed by atoms with Crippen molar-refractivity contribution in [2.45, 2.75) is 19.9 Å². The average Bonchev–Trinajstić information content (AvgIpc) is 2.48. The molecule has 21 heavy (non-hydrogen) atoms. The van der Waals surface area contributed by atoms with E-state index in [2.05, 4.69) is 22.2 Å². The summed E-state index contributed by atoms with van der Waals surface area (Å²) in [4.78, 5) is 10.6. The third-order valence-corrected chi connectivity index (χ3v) is 3.62. The highest BCUT2D eigenvalue weighted by Crippen LogP contribution is 2.25. The van der Waals surface area contributed by atoms with Gasteiger partial charge in [-0.2, -0.15) is 4.98 Å². The molecule has 0 saturated carbocycles. The molecule has 0 atom stereocenters. The molecular weight excluding hydrogens is 307 g/mol. The minimum atomic E-state index is 0.520. The van der Waals surface area contributed by atoms with Crippen molar-refractivity contribution in [1.29, 1.82) is 0 Å². The number of hydrogen-bond acceptors (Lipinski definition) is 4. The fourth-order valence-corrected chi connectivity index (χ4v) is 2.34. The summed E-state index contributed by atoms with van der Waals surface area (Å²) in [6.07, 6.45) is 2.63. The monoisotopic (exact) mass is 324 g/mol. The first-order valence-electron chi connectivity index (χ1n) is 6.82. The lowest BCUT2D eigenvalue weighted by Gasteiger charge is -2.20. The number of nitrogens with zero attached hydrogens (tertiary/aromatic N) is 3. The SMILES string of the molecule is CCCNc1ncc(Cl)c(N(C)Cc2ccccc2Cl)n1. The van der Waals surface area contributed by atoms with Crippen molar-refractivity contribution in [3.05, 3.63) is 46.1 Å². The van der Waals surface area contributed by atoms with Crippen LogP contribution in [0.5, 0.6) is 0 Å². The third kappa shape index (κ3) is 4.22. The highest BCUT2D eigenvalue weighted by atomic mass is 35.5. The van der Waals surface area contributed by atoms with Crippen LogP contribution in [0.2, 0.25) is 10.0 Å². The van der Waals surface area contributed by atoms with Crippen molar-refractivity contribution in [3.63, 3.8) is 0 Å². The maximum absolute atomic E-state index is 6.20. The lowest BCUT2D eigenvalue weighted by molar-refractivity contribution is 0.884. The molecule has 1 heterocycles. The van der Waals surface area contributed by atoms with Crippen LogP contribution in [0.4, 0.5) is 11.8 Å². The summed E-state index contributed by atoms with van der Waals surface area (Å²) in [7, 11) is 1.93. The maximum Gasteiger partial charge on any atom is 0.224 e. The Hall–Kier alpha value is -1.52. The summed E-state index contributed by atoms with van der Waals surface area (Å²) < 4.78 is 0. The molecule has 0 radical (unpaired) electrons. The summed E-state index contributed by atoms with van der Waals surface area (Å²) in [6.45, 7) is 3.55. The van der Waals surface area contributed by atoms with Gasteiger partial charge in [0.05, 0.1) is 6.20 Å². The smallest absolute Gasteiger partial charge is 0.224 e. The number of hydrogen-bond donors (Lipinski definition) is 1. The van der Waals surface area contributed by atoms with Crippen LogP contribution in [-0.2, 0) is 6.54 Å². The molecule has 6 heteroatoms. The van der Waals surface area contributed by atoms with Crippen LogP contribution in [0.25, 0.3) is 0 Å². The standard InChI is InChI=1S/C15H18Cl2N4/c1-3-8-18-15-19-9-13(17)14(20-15)21(2)10-11-6-4-5-7-12(11)16/h4-7,9H,3,8,10H2,1-2H3,(H,18,19,20). The van der Waals surface area contributed by atoms with Gasteiger partial charge in [-0.3, -0.25) is 0 Å². The molecule has 1 aromatic carbocycles. The predicted molar refractivity (Wildman–Crippen MR) is 89.4 cm³/mol. The van der Waals surface area contributed by atoms with Crippen LogP contribution < -0.4 is 10.2 Å². The lowest BCUT2D eigenvalue weighted by Crippen LogP contribution is -2.19. The third-order valence-electron chi connectivity index (χ3n) is 2.99. The van der Waals surface area contributed by atoms with Crippen LogP contribution in [-0.4, -0.2) is 23.6 Å². The van der Waals surface area contributed by atoms with E-state index in [-0.39, 0.29) is 0 Å². The normalized spacial score (nSPS) is 10.5. The number of rotatable bonds is 6. The highest BCUT2D eigenvalue weighted by molar-refractivity contribution is 6.33. The average molecular weight is 325 g/mol. The quantitative estimate of drug-likeness (QED) is 0.862. The van der Waals surface area contributed by atoms with Gasteiger partial charge in [0.25, 0.3) is 0 Å². The minimum absolute atomic E-state index is 0.520. The zero-order chi connectivity index (χ0) is 15.2. The van der Waals surface area contributed by atoms with E-state index < -0.39 is 0 Å². The molecule has 2 rings (SSSR count).